The maximum atomic E-state index is 4.18. The topological polar surface area (TPSA) is 29.9 Å². The van der Waals surface area contributed by atoms with Gasteiger partial charge in [-0.25, -0.2) is 0 Å². The zero-order valence-electron chi connectivity index (χ0n) is 7.45. The van der Waals surface area contributed by atoms with E-state index in [0.717, 1.165) is 6.54 Å². The molecule has 3 nitrogen and oxygen atoms in total. The van der Waals surface area contributed by atoms with Crippen LogP contribution in [0.3, 0.4) is 0 Å². The van der Waals surface area contributed by atoms with Crippen molar-refractivity contribution in [1.82, 2.24) is 15.1 Å². The van der Waals surface area contributed by atoms with Crippen molar-refractivity contribution in [1.29, 1.82) is 0 Å². The van der Waals surface area contributed by atoms with E-state index < -0.39 is 0 Å². The highest BCUT2D eigenvalue weighted by atomic mass is 15.2. The van der Waals surface area contributed by atoms with Crippen LogP contribution in [-0.2, 0) is 7.05 Å². The molecule has 0 spiro atoms. The van der Waals surface area contributed by atoms with Crippen molar-refractivity contribution in [2.45, 2.75) is 18.8 Å². The van der Waals surface area contributed by atoms with Crippen LogP contribution in [0.15, 0.2) is 12.4 Å². The number of nitrogens with zero attached hydrogens (tertiary/aromatic N) is 2. The van der Waals surface area contributed by atoms with Crippen molar-refractivity contribution < 1.29 is 0 Å². The molecule has 2 heterocycles. The van der Waals surface area contributed by atoms with Gasteiger partial charge < -0.3 is 5.32 Å². The van der Waals surface area contributed by atoms with E-state index in [1.165, 1.54) is 24.9 Å². The number of hydrogen-bond donors (Lipinski definition) is 1. The lowest BCUT2D eigenvalue weighted by Gasteiger charge is -2.21. The van der Waals surface area contributed by atoms with Gasteiger partial charge in [-0.3, -0.25) is 4.68 Å². The smallest absolute Gasteiger partial charge is 0.0524 e. The van der Waals surface area contributed by atoms with Crippen molar-refractivity contribution in [3.8, 4) is 0 Å². The summed E-state index contributed by atoms with van der Waals surface area (Å²) in [5.74, 6) is 0.687. The number of aromatic nitrogens is 2. The quantitative estimate of drug-likeness (QED) is 0.669. The number of aryl methyl sites for hydroxylation is 1. The summed E-state index contributed by atoms with van der Waals surface area (Å²) in [7, 11) is 1.97. The van der Waals surface area contributed by atoms with Crippen LogP contribution in [0.1, 0.15) is 24.3 Å². The van der Waals surface area contributed by atoms with Crippen LogP contribution in [0.5, 0.6) is 0 Å². The average Bonchev–Trinajstić information content (AvgIpc) is 2.54. The Morgan fingerprint density at radius 2 is 2.58 bits per heavy atom. The Bertz CT molecular complexity index is 248. The maximum absolute atomic E-state index is 4.18. The molecule has 1 aromatic rings. The van der Waals surface area contributed by atoms with Gasteiger partial charge in [-0.15, -0.1) is 0 Å². The summed E-state index contributed by atoms with van der Waals surface area (Å²) in [6, 6.07) is 0. The summed E-state index contributed by atoms with van der Waals surface area (Å²) >= 11 is 0. The van der Waals surface area contributed by atoms with Crippen LogP contribution in [-0.4, -0.2) is 22.9 Å². The van der Waals surface area contributed by atoms with E-state index >= 15 is 0 Å². The van der Waals surface area contributed by atoms with E-state index in [4.69, 9.17) is 0 Å². The molecule has 2 rings (SSSR count). The molecule has 66 valence electrons. The summed E-state index contributed by atoms with van der Waals surface area (Å²) in [6.07, 6.45) is 6.70. The van der Waals surface area contributed by atoms with Gasteiger partial charge in [0, 0.05) is 19.8 Å². The minimum absolute atomic E-state index is 0.687. The maximum Gasteiger partial charge on any atom is 0.0524 e. The Labute approximate surface area is 72.8 Å². The Morgan fingerprint density at radius 3 is 3.17 bits per heavy atom. The van der Waals surface area contributed by atoms with E-state index in [9.17, 15) is 0 Å². The van der Waals surface area contributed by atoms with Crippen molar-refractivity contribution in [2.24, 2.45) is 7.05 Å². The molecule has 1 aliphatic rings. The normalized spacial score (nSPS) is 24.2. The lowest BCUT2D eigenvalue weighted by Crippen LogP contribution is -2.28. The molecule has 1 aliphatic heterocycles. The molecule has 0 aromatic carbocycles. The van der Waals surface area contributed by atoms with E-state index in [2.05, 4.69) is 16.6 Å². The first-order valence-electron chi connectivity index (χ1n) is 4.55. The molecule has 12 heavy (non-hydrogen) atoms. The van der Waals surface area contributed by atoms with Crippen molar-refractivity contribution in [3.63, 3.8) is 0 Å². The molecule has 0 radical (unpaired) electrons. The Hall–Kier alpha value is -0.830. The molecule has 1 aromatic heterocycles. The van der Waals surface area contributed by atoms with Crippen molar-refractivity contribution in [2.75, 3.05) is 13.1 Å². The zero-order valence-corrected chi connectivity index (χ0v) is 7.45. The van der Waals surface area contributed by atoms with Gasteiger partial charge in [0.25, 0.3) is 0 Å². The third kappa shape index (κ3) is 1.50. The monoisotopic (exact) mass is 165 g/mol. The minimum atomic E-state index is 0.687. The molecule has 0 aliphatic carbocycles. The van der Waals surface area contributed by atoms with Crippen molar-refractivity contribution in [3.05, 3.63) is 18.0 Å². The lowest BCUT2D eigenvalue weighted by molar-refractivity contribution is 0.461. The standard InChI is InChI=1S/C9H15N3/c1-12-7-9(6-11-12)8-3-2-4-10-5-8/h6-8,10H,2-5H2,1H3/t8-/m1/s1. The first kappa shape index (κ1) is 7.80. The van der Waals surface area contributed by atoms with Crippen LogP contribution in [0.25, 0.3) is 0 Å². The number of hydrogen-bond acceptors (Lipinski definition) is 2. The largest absolute Gasteiger partial charge is 0.316 e. The Morgan fingerprint density at radius 1 is 1.67 bits per heavy atom. The van der Waals surface area contributed by atoms with Crippen LogP contribution in [0.4, 0.5) is 0 Å². The van der Waals surface area contributed by atoms with Gasteiger partial charge in [-0.2, -0.15) is 5.10 Å². The zero-order chi connectivity index (χ0) is 8.39. The molecule has 0 saturated carbocycles. The predicted octanol–water partition coefficient (Wildman–Crippen LogP) is 0.887. The first-order valence-corrected chi connectivity index (χ1v) is 4.55. The summed E-state index contributed by atoms with van der Waals surface area (Å²) in [5, 5.41) is 7.59. The van der Waals surface area contributed by atoms with E-state index in [-0.39, 0.29) is 0 Å². The molecule has 1 atom stereocenters. The average molecular weight is 165 g/mol. The second-order valence-corrected chi connectivity index (χ2v) is 3.49. The highest BCUT2D eigenvalue weighted by Crippen LogP contribution is 2.21. The van der Waals surface area contributed by atoms with Crippen LogP contribution < -0.4 is 5.32 Å². The number of nitrogens with one attached hydrogen (secondary N) is 1. The van der Waals surface area contributed by atoms with E-state index in [1.54, 1.807) is 0 Å². The van der Waals surface area contributed by atoms with Gasteiger partial charge >= 0.3 is 0 Å². The third-order valence-electron chi connectivity index (χ3n) is 2.49. The lowest BCUT2D eigenvalue weighted by atomic mass is 9.94. The van der Waals surface area contributed by atoms with Crippen LogP contribution in [0, 0.1) is 0 Å². The summed E-state index contributed by atoms with van der Waals surface area (Å²) < 4.78 is 1.88. The summed E-state index contributed by atoms with van der Waals surface area (Å²) in [6.45, 7) is 2.29. The highest BCUT2D eigenvalue weighted by Gasteiger charge is 2.15. The second-order valence-electron chi connectivity index (χ2n) is 3.49. The fraction of sp³-hybridized carbons (Fsp3) is 0.667. The highest BCUT2D eigenvalue weighted by molar-refractivity contribution is 5.12. The first-order chi connectivity index (χ1) is 5.86. The van der Waals surface area contributed by atoms with Crippen LogP contribution >= 0.6 is 0 Å². The molecule has 0 unspecified atom stereocenters. The summed E-state index contributed by atoms with van der Waals surface area (Å²) in [4.78, 5) is 0. The SMILES string of the molecule is Cn1cc([C@@H]2CCCNC2)cn1. The van der Waals surface area contributed by atoms with Gasteiger partial charge in [0.1, 0.15) is 0 Å². The minimum Gasteiger partial charge on any atom is -0.316 e. The van der Waals surface area contributed by atoms with Gasteiger partial charge in [0.05, 0.1) is 6.20 Å². The van der Waals surface area contributed by atoms with Gasteiger partial charge in [-0.1, -0.05) is 0 Å². The van der Waals surface area contributed by atoms with E-state index in [0.29, 0.717) is 5.92 Å². The molecule has 0 bridgehead atoms. The van der Waals surface area contributed by atoms with Crippen molar-refractivity contribution >= 4 is 0 Å². The number of rotatable bonds is 1. The summed E-state index contributed by atoms with van der Waals surface area (Å²) in [5.41, 5.74) is 1.38. The molecule has 1 saturated heterocycles. The molecule has 1 fully saturated rings. The fourth-order valence-electron chi connectivity index (χ4n) is 1.79. The second kappa shape index (κ2) is 3.27. The molecule has 3 heteroatoms. The van der Waals surface area contributed by atoms with Gasteiger partial charge in [0.15, 0.2) is 0 Å². The number of piperidine rings is 1. The predicted molar refractivity (Wildman–Crippen MR) is 48.1 cm³/mol. The molecular weight excluding hydrogens is 150 g/mol. The van der Waals surface area contributed by atoms with Crippen LogP contribution in [0.2, 0.25) is 0 Å². The molecular formula is C9H15N3. The van der Waals surface area contributed by atoms with Gasteiger partial charge in [-0.05, 0) is 30.9 Å². The Kier molecular flexibility index (Phi) is 2.13. The third-order valence-corrected chi connectivity index (χ3v) is 2.49. The molecule has 1 N–H and O–H groups in total. The van der Waals surface area contributed by atoms with E-state index in [1.807, 2.05) is 17.9 Å². The Balaban J connectivity index is 2.08. The van der Waals surface area contributed by atoms with Gasteiger partial charge in [0.2, 0.25) is 0 Å². The molecule has 0 amide bonds. The fourth-order valence-corrected chi connectivity index (χ4v) is 1.79.